The third-order valence-corrected chi connectivity index (χ3v) is 3.18. The molecular weight excluding hydrogens is 226 g/mol. The van der Waals surface area contributed by atoms with Crippen LogP contribution in [-0.4, -0.2) is 27.5 Å². The van der Waals surface area contributed by atoms with Gasteiger partial charge in [-0.15, -0.1) is 0 Å². The van der Waals surface area contributed by atoms with Crippen LogP contribution in [0.2, 0.25) is 5.28 Å². The highest BCUT2D eigenvalue weighted by atomic mass is 35.5. The van der Waals surface area contributed by atoms with Crippen molar-refractivity contribution in [1.29, 1.82) is 0 Å². The summed E-state index contributed by atoms with van der Waals surface area (Å²) in [5, 5.41) is 0.160. The van der Waals surface area contributed by atoms with E-state index in [9.17, 15) is 0 Å². The second-order valence-electron chi connectivity index (χ2n) is 4.43. The van der Waals surface area contributed by atoms with Crippen LogP contribution in [0.1, 0.15) is 26.7 Å². The molecule has 1 aromatic heterocycles. The Morgan fingerprint density at radius 2 is 2.06 bits per heavy atom. The Balaban J connectivity index is 2.23. The average Bonchev–Trinajstić information content (AvgIpc) is 2.15. The average molecular weight is 242 g/mol. The molecule has 2 rings (SSSR count). The zero-order valence-corrected chi connectivity index (χ0v) is 10.3. The molecule has 1 fully saturated rings. The van der Waals surface area contributed by atoms with Gasteiger partial charge in [0.1, 0.15) is 0 Å². The Bertz CT molecular complexity index is 363. The van der Waals surface area contributed by atoms with Gasteiger partial charge in [0.2, 0.25) is 17.2 Å². The third-order valence-electron chi connectivity index (χ3n) is 3.01. The van der Waals surface area contributed by atoms with E-state index < -0.39 is 0 Å². The van der Waals surface area contributed by atoms with E-state index in [-0.39, 0.29) is 11.2 Å². The summed E-state index contributed by atoms with van der Waals surface area (Å²) < 4.78 is 0. The number of halogens is 1. The fraction of sp³-hybridized carbons (Fsp3) is 0.700. The van der Waals surface area contributed by atoms with Gasteiger partial charge in [-0.2, -0.15) is 15.0 Å². The molecule has 2 unspecified atom stereocenters. The highest BCUT2D eigenvalue weighted by Gasteiger charge is 2.25. The molecule has 0 spiro atoms. The topological polar surface area (TPSA) is 67.9 Å². The lowest BCUT2D eigenvalue weighted by atomic mass is 9.94. The monoisotopic (exact) mass is 241 g/mol. The molecule has 6 heteroatoms. The van der Waals surface area contributed by atoms with E-state index in [1.54, 1.807) is 0 Å². The molecule has 1 aromatic rings. The predicted octanol–water partition coefficient (Wildman–Crippen LogP) is 1.73. The molecule has 0 amide bonds. The number of nitrogens with zero attached hydrogens (tertiary/aromatic N) is 4. The van der Waals surface area contributed by atoms with Gasteiger partial charge >= 0.3 is 0 Å². The molecule has 5 nitrogen and oxygen atoms in total. The number of nitrogens with two attached hydrogens (primary N) is 1. The van der Waals surface area contributed by atoms with Crippen molar-refractivity contribution < 1.29 is 0 Å². The molecule has 2 heterocycles. The maximum absolute atomic E-state index is 5.78. The lowest BCUT2D eigenvalue weighted by Gasteiger charge is -2.36. The molecule has 1 aliphatic rings. The Labute approximate surface area is 100 Å². The first-order valence-electron chi connectivity index (χ1n) is 5.50. The van der Waals surface area contributed by atoms with Gasteiger partial charge in [-0.3, -0.25) is 0 Å². The first kappa shape index (κ1) is 11.4. The van der Waals surface area contributed by atoms with E-state index in [4.69, 9.17) is 17.3 Å². The van der Waals surface area contributed by atoms with E-state index in [1.807, 2.05) is 0 Å². The summed E-state index contributed by atoms with van der Waals surface area (Å²) in [6, 6.07) is 0.418. The van der Waals surface area contributed by atoms with E-state index in [0.717, 1.165) is 25.3 Å². The molecule has 88 valence electrons. The van der Waals surface area contributed by atoms with Crippen LogP contribution in [0.4, 0.5) is 11.9 Å². The van der Waals surface area contributed by atoms with Crippen molar-refractivity contribution >= 4 is 23.5 Å². The molecule has 0 saturated carbocycles. The molecule has 0 bridgehead atoms. The number of aromatic nitrogens is 3. The Morgan fingerprint density at radius 3 is 2.69 bits per heavy atom. The summed E-state index contributed by atoms with van der Waals surface area (Å²) in [4.78, 5) is 14.2. The van der Waals surface area contributed by atoms with Crippen molar-refractivity contribution in [3.05, 3.63) is 5.28 Å². The minimum atomic E-state index is 0.160. The van der Waals surface area contributed by atoms with Gasteiger partial charge < -0.3 is 10.6 Å². The molecule has 0 aliphatic carbocycles. The standard InChI is InChI=1S/C10H16ClN5/c1-6-3-4-16(7(2)5-6)10-14-8(11)13-9(12)15-10/h6-7H,3-5H2,1-2H3,(H2,12,13,14,15). The van der Waals surface area contributed by atoms with Crippen LogP contribution in [0.25, 0.3) is 0 Å². The van der Waals surface area contributed by atoms with Crippen molar-refractivity contribution in [2.75, 3.05) is 17.2 Å². The van der Waals surface area contributed by atoms with E-state index in [0.29, 0.717) is 12.0 Å². The Kier molecular flexibility index (Phi) is 3.14. The lowest BCUT2D eigenvalue weighted by Crippen LogP contribution is -2.41. The van der Waals surface area contributed by atoms with Crippen molar-refractivity contribution in [3.8, 4) is 0 Å². The maximum Gasteiger partial charge on any atom is 0.231 e. The number of nitrogen functional groups attached to an aromatic ring is 1. The zero-order chi connectivity index (χ0) is 11.7. The summed E-state index contributed by atoms with van der Waals surface area (Å²) in [5.41, 5.74) is 5.57. The van der Waals surface area contributed by atoms with Gasteiger partial charge in [-0.25, -0.2) is 0 Å². The van der Waals surface area contributed by atoms with Crippen molar-refractivity contribution in [3.63, 3.8) is 0 Å². The quantitative estimate of drug-likeness (QED) is 0.811. The van der Waals surface area contributed by atoms with Gasteiger partial charge in [-0.05, 0) is 37.3 Å². The molecule has 2 N–H and O–H groups in total. The van der Waals surface area contributed by atoms with E-state index in [1.165, 1.54) is 0 Å². The van der Waals surface area contributed by atoms with Crippen LogP contribution in [0, 0.1) is 5.92 Å². The molecule has 1 aliphatic heterocycles. The zero-order valence-electron chi connectivity index (χ0n) is 9.52. The largest absolute Gasteiger partial charge is 0.368 e. The third kappa shape index (κ3) is 2.35. The highest BCUT2D eigenvalue weighted by molar-refractivity contribution is 6.28. The van der Waals surface area contributed by atoms with Crippen LogP contribution in [0.5, 0.6) is 0 Å². The van der Waals surface area contributed by atoms with Gasteiger partial charge in [0.15, 0.2) is 0 Å². The smallest absolute Gasteiger partial charge is 0.231 e. The summed E-state index contributed by atoms with van der Waals surface area (Å²) in [6.45, 7) is 5.38. The Morgan fingerprint density at radius 1 is 1.31 bits per heavy atom. The van der Waals surface area contributed by atoms with Crippen molar-refractivity contribution in [1.82, 2.24) is 15.0 Å². The number of hydrogen-bond donors (Lipinski definition) is 1. The van der Waals surface area contributed by atoms with Crippen LogP contribution >= 0.6 is 11.6 Å². The van der Waals surface area contributed by atoms with Gasteiger partial charge in [0.05, 0.1) is 0 Å². The van der Waals surface area contributed by atoms with Crippen LogP contribution in [-0.2, 0) is 0 Å². The summed E-state index contributed by atoms with van der Waals surface area (Å²) in [7, 11) is 0. The van der Waals surface area contributed by atoms with Crippen molar-refractivity contribution in [2.24, 2.45) is 5.92 Å². The fourth-order valence-electron chi connectivity index (χ4n) is 2.19. The lowest BCUT2D eigenvalue weighted by molar-refractivity contribution is 0.374. The highest BCUT2D eigenvalue weighted by Crippen LogP contribution is 2.25. The molecular formula is C10H16ClN5. The predicted molar refractivity (Wildman–Crippen MR) is 64.5 cm³/mol. The SMILES string of the molecule is CC1CCN(c2nc(N)nc(Cl)n2)C(C)C1. The number of piperidine rings is 1. The summed E-state index contributed by atoms with van der Waals surface area (Å²) in [6.07, 6.45) is 2.29. The van der Waals surface area contributed by atoms with Gasteiger partial charge in [-0.1, -0.05) is 6.92 Å². The maximum atomic E-state index is 5.78. The normalized spacial score (nSPS) is 25.8. The van der Waals surface area contributed by atoms with Crippen molar-refractivity contribution in [2.45, 2.75) is 32.7 Å². The second kappa shape index (κ2) is 4.41. The summed E-state index contributed by atoms with van der Waals surface area (Å²) >= 11 is 5.78. The van der Waals surface area contributed by atoms with E-state index in [2.05, 4.69) is 33.7 Å². The first-order chi connectivity index (χ1) is 7.56. The Hall–Kier alpha value is -1.10. The van der Waals surface area contributed by atoms with Gasteiger partial charge in [0, 0.05) is 12.6 Å². The first-order valence-corrected chi connectivity index (χ1v) is 5.87. The van der Waals surface area contributed by atoms with Gasteiger partial charge in [0.25, 0.3) is 0 Å². The van der Waals surface area contributed by atoms with Crippen LogP contribution in [0.3, 0.4) is 0 Å². The molecule has 2 atom stereocenters. The molecule has 16 heavy (non-hydrogen) atoms. The summed E-state index contributed by atoms with van der Waals surface area (Å²) in [5.74, 6) is 1.53. The van der Waals surface area contributed by atoms with E-state index >= 15 is 0 Å². The van der Waals surface area contributed by atoms with Crippen LogP contribution in [0.15, 0.2) is 0 Å². The second-order valence-corrected chi connectivity index (χ2v) is 4.77. The molecule has 0 radical (unpaired) electrons. The van der Waals surface area contributed by atoms with Crippen LogP contribution < -0.4 is 10.6 Å². The minimum Gasteiger partial charge on any atom is -0.368 e. The fourth-order valence-corrected chi connectivity index (χ4v) is 2.35. The molecule has 1 saturated heterocycles. The minimum absolute atomic E-state index is 0.160. The molecule has 0 aromatic carbocycles. The number of anilines is 2. The number of rotatable bonds is 1. The number of hydrogen-bond acceptors (Lipinski definition) is 5.